The van der Waals surface area contributed by atoms with E-state index >= 15 is 0 Å². The molecule has 4 nitrogen and oxygen atoms in total. The molecule has 0 saturated heterocycles. The number of carbonyl (C=O) groups is 1. The van der Waals surface area contributed by atoms with E-state index in [4.69, 9.17) is 0 Å². The highest BCUT2D eigenvalue weighted by molar-refractivity contribution is 6.05. The van der Waals surface area contributed by atoms with Gasteiger partial charge in [-0.1, -0.05) is 6.92 Å². The summed E-state index contributed by atoms with van der Waals surface area (Å²) >= 11 is 0. The maximum absolute atomic E-state index is 12.3. The Labute approximate surface area is 125 Å². The fraction of sp³-hybridized carbons (Fsp3) is 0.294. The van der Waals surface area contributed by atoms with Gasteiger partial charge >= 0.3 is 0 Å². The van der Waals surface area contributed by atoms with E-state index in [1.807, 2.05) is 44.2 Å². The number of pyridine rings is 1. The molecule has 0 atom stereocenters. The first kappa shape index (κ1) is 15.0. The summed E-state index contributed by atoms with van der Waals surface area (Å²) in [4.78, 5) is 16.4. The second-order valence-electron chi connectivity index (χ2n) is 5.13. The van der Waals surface area contributed by atoms with E-state index in [1.54, 1.807) is 6.20 Å². The highest BCUT2D eigenvalue weighted by Crippen LogP contribution is 2.17. The van der Waals surface area contributed by atoms with Crippen LogP contribution in [0.15, 0.2) is 36.5 Å². The highest BCUT2D eigenvalue weighted by atomic mass is 16.1. The van der Waals surface area contributed by atoms with Crippen molar-refractivity contribution in [1.82, 2.24) is 4.98 Å². The number of aryl methyl sites for hydroxylation is 2. The number of rotatable bonds is 5. The maximum Gasteiger partial charge on any atom is 0.257 e. The van der Waals surface area contributed by atoms with Crippen molar-refractivity contribution in [2.24, 2.45) is 0 Å². The van der Waals surface area contributed by atoms with Crippen molar-refractivity contribution in [3.63, 3.8) is 0 Å². The summed E-state index contributed by atoms with van der Waals surface area (Å²) in [5, 5.41) is 6.15. The average Bonchev–Trinajstić information content (AvgIpc) is 2.45. The van der Waals surface area contributed by atoms with E-state index in [1.165, 1.54) is 0 Å². The standard InChI is InChI=1S/C17H21N3O/c1-4-8-18-14-5-6-15(13(3)11-14)17(21)20-16-10-12(2)7-9-19-16/h5-7,9-11,18H,4,8H2,1-3H3,(H,19,20,21). The van der Waals surface area contributed by atoms with Crippen LogP contribution in [0.25, 0.3) is 0 Å². The van der Waals surface area contributed by atoms with Gasteiger partial charge in [0.1, 0.15) is 5.82 Å². The maximum atomic E-state index is 12.3. The molecule has 0 bridgehead atoms. The van der Waals surface area contributed by atoms with Crippen molar-refractivity contribution in [3.05, 3.63) is 53.2 Å². The van der Waals surface area contributed by atoms with Gasteiger partial charge < -0.3 is 10.6 Å². The highest BCUT2D eigenvalue weighted by Gasteiger charge is 2.10. The topological polar surface area (TPSA) is 54.0 Å². The number of aromatic nitrogens is 1. The van der Waals surface area contributed by atoms with Crippen molar-refractivity contribution >= 4 is 17.4 Å². The van der Waals surface area contributed by atoms with E-state index in [0.29, 0.717) is 11.4 Å². The Morgan fingerprint density at radius 1 is 1.19 bits per heavy atom. The molecule has 0 radical (unpaired) electrons. The minimum Gasteiger partial charge on any atom is -0.385 e. The molecule has 0 aliphatic carbocycles. The first-order chi connectivity index (χ1) is 10.1. The molecular weight excluding hydrogens is 262 g/mol. The van der Waals surface area contributed by atoms with Crippen LogP contribution in [0.1, 0.15) is 34.8 Å². The van der Waals surface area contributed by atoms with Gasteiger partial charge in [-0.15, -0.1) is 0 Å². The zero-order chi connectivity index (χ0) is 15.2. The molecule has 110 valence electrons. The fourth-order valence-electron chi connectivity index (χ4n) is 2.09. The summed E-state index contributed by atoms with van der Waals surface area (Å²) in [5.74, 6) is 0.445. The van der Waals surface area contributed by atoms with Crippen molar-refractivity contribution in [2.75, 3.05) is 17.2 Å². The fourth-order valence-corrected chi connectivity index (χ4v) is 2.09. The number of carbonyl (C=O) groups excluding carboxylic acids is 1. The summed E-state index contributed by atoms with van der Waals surface area (Å²) in [7, 11) is 0. The first-order valence-electron chi connectivity index (χ1n) is 7.18. The smallest absolute Gasteiger partial charge is 0.257 e. The number of benzene rings is 1. The van der Waals surface area contributed by atoms with Gasteiger partial charge in [0, 0.05) is 24.0 Å². The zero-order valence-corrected chi connectivity index (χ0v) is 12.7. The lowest BCUT2D eigenvalue weighted by atomic mass is 10.1. The van der Waals surface area contributed by atoms with Crippen LogP contribution in [0.4, 0.5) is 11.5 Å². The predicted molar refractivity (Wildman–Crippen MR) is 86.9 cm³/mol. The monoisotopic (exact) mass is 283 g/mol. The van der Waals surface area contributed by atoms with E-state index in [2.05, 4.69) is 22.5 Å². The molecule has 0 fully saturated rings. The SMILES string of the molecule is CCCNc1ccc(C(=O)Nc2cc(C)ccn2)c(C)c1. The largest absolute Gasteiger partial charge is 0.385 e. The summed E-state index contributed by atoms with van der Waals surface area (Å²) in [6, 6.07) is 9.52. The van der Waals surface area contributed by atoms with Gasteiger partial charge in [-0.3, -0.25) is 4.79 Å². The minimum absolute atomic E-state index is 0.132. The van der Waals surface area contributed by atoms with Crippen LogP contribution in [0.5, 0.6) is 0 Å². The molecule has 0 aliphatic heterocycles. The minimum atomic E-state index is -0.132. The second-order valence-corrected chi connectivity index (χ2v) is 5.13. The predicted octanol–water partition coefficient (Wildman–Crippen LogP) is 3.77. The van der Waals surface area contributed by atoms with Gasteiger partial charge in [0.25, 0.3) is 5.91 Å². The average molecular weight is 283 g/mol. The molecule has 0 unspecified atom stereocenters. The number of amides is 1. The van der Waals surface area contributed by atoms with Crippen molar-refractivity contribution < 1.29 is 4.79 Å². The Morgan fingerprint density at radius 3 is 2.67 bits per heavy atom. The van der Waals surface area contributed by atoms with E-state index in [-0.39, 0.29) is 5.91 Å². The quantitative estimate of drug-likeness (QED) is 0.878. The Hall–Kier alpha value is -2.36. The van der Waals surface area contributed by atoms with Gasteiger partial charge in [0.05, 0.1) is 0 Å². The van der Waals surface area contributed by atoms with Crippen LogP contribution in [0.2, 0.25) is 0 Å². The Balaban J connectivity index is 2.12. The van der Waals surface area contributed by atoms with Crippen LogP contribution in [0.3, 0.4) is 0 Å². The molecule has 2 N–H and O–H groups in total. The number of nitrogens with zero attached hydrogens (tertiary/aromatic N) is 1. The molecular formula is C17H21N3O. The molecule has 1 aromatic carbocycles. The number of hydrogen-bond donors (Lipinski definition) is 2. The molecule has 1 amide bonds. The van der Waals surface area contributed by atoms with Crippen LogP contribution >= 0.6 is 0 Å². The van der Waals surface area contributed by atoms with Gasteiger partial charge in [-0.05, 0) is 61.7 Å². The molecule has 4 heteroatoms. The van der Waals surface area contributed by atoms with Gasteiger partial charge in [-0.25, -0.2) is 4.98 Å². The van der Waals surface area contributed by atoms with Crippen molar-refractivity contribution in [3.8, 4) is 0 Å². The molecule has 2 aromatic rings. The third-order valence-corrected chi connectivity index (χ3v) is 3.21. The summed E-state index contributed by atoms with van der Waals surface area (Å²) < 4.78 is 0. The van der Waals surface area contributed by atoms with Gasteiger partial charge in [-0.2, -0.15) is 0 Å². The first-order valence-corrected chi connectivity index (χ1v) is 7.18. The summed E-state index contributed by atoms with van der Waals surface area (Å²) in [6.07, 6.45) is 2.76. The molecule has 0 aliphatic rings. The molecule has 1 heterocycles. The van der Waals surface area contributed by atoms with Gasteiger partial charge in [0.15, 0.2) is 0 Å². The second kappa shape index (κ2) is 6.88. The van der Waals surface area contributed by atoms with Crippen LogP contribution in [-0.2, 0) is 0 Å². The molecule has 2 rings (SSSR count). The third kappa shape index (κ3) is 4.05. The Kier molecular flexibility index (Phi) is 4.93. The normalized spacial score (nSPS) is 10.2. The summed E-state index contributed by atoms with van der Waals surface area (Å²) in [5.41, 5.74) is 3.72. The molecule has 1 aromatic heterocycles. The Morgan fingerprint density at radius 2 is 2.00 bits per heavy atom. The third-order valence-electron chi connectivity index (χ3n) is 3.21. The zero-order valence-electron chi connectivity index (χ0n) is 12.7. The lowest BCUT2D eigenvalue weighted by Crippen LogP contribution is -2.14. The lowest BCUT2D eigenvalue weighted by molar-refractivity contribution is 0.102. The number of anilines is 2. The molecule has 0 spiro atoms. The number of nitrogens with one attached hydrogen (secondary N) is 2. The summed E-state index contributed by atoms with van der Waals surface area (Å²) in [6.45, 7) is 6.96. The van der Waals surface area contributed by atoms with Crippen molar-refractivity contribution in [2.45, 2.75) is 27.2 Å². The van der Waals surface area contributed by atoms with Gasteiger partial charge in [0.2, 0.25) is 0 Å². The molecule has 21 heavy (non-hydrogen) atoms. The van der Waals surface area contributed by atoms with Crippen LogP contribution < -0.4 is 10.6 Å². The molecule has 0 saturated carbocycles. The van der Waals surface area contributed by atoms with Crippen LogP contribution in [-0.4, -0.2) is 17.4 Å². The van der Waals surface area contributed by atoms with E-state index in [0.717, 1.165) is 29.8 Å². The Bertz CT molecular complexity index is 638. The van der Waals surface area contributed by atoms with E-state index in [9.17, 15) is 4.79 Å². The lowest BCUT2D eigenvalue weighted by Gasteiger charge is -2.10. The van der Waals surface area contributed by atoms with E-state index < -0.39 is 0 Å². The number of hydrogen-bond acceptors (Lipinski definition) is 3. The van der Waals surface area contributed by atoms with Crippen LogP contribution in [0, 0.1) is 13.8 Å². The van der Waals surface area contributed by atoms with Crippen molar-refractivity contribution in [1.29, 1.82) is 0 Å².